The lowest BCUT2D eigenvalue weighted by Crippen LogP contribution is -2.51. The normalized spacial score (nSPS) is 21.2. The molecule has 0 bridgehead atoms. The van der Waals surface area contributed by atoms with Crippen molar-refractivity contribution in [3.05, 3.63) is 29.6 Å². The summed E-state index contributed by atoms with van der Waals surface area (Å²) in [5.41, 5.74) is 2.45. The number of rotatable bonds is 6. The number of nitrogens with one attached hydrogen (secondary N) is 1. The van der Waals surface area contributed by atoms with Gasteiger partial charge in [0.05, 0.1) is 5.69 Å². The van der Waals surface area contributed by atoms with Gasteiger partial charge in [-0.3, -0.25) is 14.8 Å². The van der Waals surface area contributed by atoms with Crippen molar-refractivity contribution in [2.24, 2.45) is 0 Å². The van der Waals surface area contributed by atoms with E-state index in [4.69, 9.17) is 0 Å². The minimum atomic E-state index is 0.654. The van der Waals surface area contributed by atoms with Gasteiger partial charge in [0.1, 0.15) is 0 Å². The highest BCUT2D eigenvalue weighted by atomic mass is 15.3. The highest BCUT2D eigenvalue weighted by Crippen LogP contribution is 2.12. The number of aromatic nitrogens is 1. The molecule has 2 rings (SSSR count). The third-order valence-electron chi connectivity index (χ3n) is 4.11. The van der Waals surface area contributed by atoms with Gasteiger partial charge in [0.15, 0.2) is 0 Å². The molecule has 1 saturated heterocycles. The van der Waals surface area contributed by atoms with Crippen LogP contribution in [0.4, 0.5) is 0 Å². The fourth-order valence-electron chi connectivity index (χ4n) is 2.84. The van der Waals surface area contributed by atoms with Gasteiger partial charge in [-0.05, 0) is 31.6 Å². The van der Waals surface area contributed by atoms with Crippen molar-refractivity contribution in [2.45, 2.75) is 39.9 Å². The maximum atomic E-state index is 4.59. The van der Waals surface area contributed by atoms with Crippen molar-refractivity contribution in [1.82, 2.24) is 20.1 Å². The van der Waals surface area contributed by atoms with Gasteiger partial charge in [0.25, 0.3) is 0 Å². The zero-order valence-corrected chi connectivity index (χ0v) is 13.1. The molecule has 1 aliphatic heterocycles. The Morgan fingerprint density at radius 1 is 1.30 bits per heavy atom. The second-order valence-corrected chi connectivity index (χ2v) is 5.65. The molecule has 0 spiro atoms. The van der Waals surface area contributed by atoms with Crippen molar-refractivity contribution in [1.29, 1.82) is 0 Å². The van der Waals surface area contributed by atoms with Crippen LogP contribution in [0.2, 0.25) is 0 Å². The van der Waals surface area contributed by atoms with Crippen LogP contribution < -0.4 is 5.32 Å². The Kier molecular flexibility index (Phi) is 5.95. The summed E-state index contributed by atoms with van der Waals surface area (Å²) in [5, 5.41) is 3.33. The molecule has 0 aliphatic carbocycles. The van der Waals surface area contributed by atoms with Gasteiger partial charge in [-0.1, -0.05) is 19.9 Å². The predicted molar refractivity (Wildman–Crippen MR) is 83.6 cm³/mol. The molecule has 0 aromatic carbocycles. The van der Waals surface area contributed by atoms with E-state index in [0.29, 0.717) is 6.04 Å². The molecular weight excluding hydrogens is 248 g/mol. The van der Waals surface area contributed by atoms with E-state index in [2.05, 4.69) is 53.0 Å². The summed E-state index contributed by atoms with van der Waals surface area (Å²) >= 11 is 0. The summed E-state index contributed by atoms with van der Waals surface area (Å²) in [6, 6.07) is 5.02. The summed E-state index contributed by atoms with van der Waals surface area (Å²) in [6.07, 6.45) is 2.00. The maximum absolute atomic E-state index is 4.59. The molecule has 1 unspecified atom stereocenters. The van der Waals surface area contributed by atoms with E-state index < -0.39 is 0 Å². The minimum Gasteiger partial charge on any atom is -0.313 e. The Labute approximate surface area is 123 Å². The van der Waals surface area contributed by atoms with Gasteiger partial charge in [0, 0.05) is 45.0 Å². The molecule has 112 valence electrons. The molecule has 4 heteroatoms. The summed E-state index contributed by atoms with van der Waals surface area (Å²) < 4.78 is 0. The van der Waals surface area contributed by atoms with Crippen LogP contribution in [0, 0.1) is 0 Å². The standard InChI is InChI=1S/C16H28N4/c1-4-17-10-15-6-7-16(18-11-15)13-19-8-9-20(5-2)14(3)12-19/h6-7,11,14,17H,4-5,8-10,12-13H2,1-3H3. The van der Waals surface area contributed by atoms with Crippen molar-refractivity contribution in [3.8, 4) is 0 Å². The molecule has 20 heavy (non-hydrogen) atoms. The number of hydrogen-bond acceptors (Lipinski definition) is 4. The molecule has 2 heterocycles. The molecule has 4 nitrogen and oxygen atoms in total. The average Bonchev–Trinajstić information content (AvgIpc) is 2.47. The lowest BCUT2D eigenvalue weighted by atomic mass is 10.1. The third-order valence-corrected chi connectivity index (χ3v) is 4.11. The second kappa shape index (κ2) is 7.72. The Bertz CT molecular complexity index is 390. The van der Waals surface area contributed by atoms with E-state index in [1.54, 1.807) is 0 Å². The van der Waals surface area contributed by atoms with Crippen LogP contribution >= 0.6 is 0 Å². The molecule has 1 N–H and O–H groups in total. The summed E-state index contributed by atoms with van der Waals surface area (Å²) in [6.45, 7) is 14.2. The van der Waals surface area contributed by atoms with Crippen LogP contribution in [0.3, 0.4) is 0 Å². The second-order valence-electron chi connectivity index (χ2n) is 5.65. The number of pyridine rings is 1. The Balaban J connectivity index is 1.84. The van der Waals surface area contributed by atoms with Crippen LogP contribution in [-0.2, 0) is 13.1 Å². The van der Waals surface area contributed by atoms with Crippen LogP contribution in [0.25, 0.3) is 0 Å². The zero-order valence-electron chi connectivity index (χ0n) is 13.1. The van der Waals surface area contributed by atoms with Gasteiger partial charge in [-0.2, -0.15) is 0 Å². The van der Waals surface area contributed by atoms with Crippen LogP contribution in [0.1, 0.15) is 32.0 Å². The van der Waals surface area contributed by atoms with E-state index in [-0.39, 0.29) is 0 Å². The fraction of sp³-hybridized carbons (Fsp3) is 0.688. The molecule has 1 atom stereocenters. The first-order valence-electron chi connectivity index (χ1n) is 7.83. The fourth-order valence-corrected chi connectivity index (χ4v) is 2.84. The Hall–Kier alpha value is -0.970. The Morgan fingerprint density at radius 2 is 2.15 bits per heavy atom. The quantitative estimate of drug-likeness (QED) is 0.857. The van der Waals surface area contributed by atoms with Crippen LogP contribution in [0.5, 0.6) is 0 Å². The first kappa shape index (κ1) is 15.4. The highest BCUT2D eigenvalue weighted by Gasteiger charge is 2.22. The highest BCUT2D eigenvalue weighted by molar-refractivity contribution is 5.14. The zero-order chi connectivity index (χ0) is 14.4. The van der Waals surface area contributed by atoms with E-state index in [9.17, 15) is 0 Å². The molecule has 0 radical (unpaired) electrons. The van der Waals surface area contributed by atoms with Gasteiger partial charge >= 0.3 is 0 Å². The Morgan fingerprint density at radius 3 is 2.75 bits per heavy atom. The molecule has 1 aromatic rings. The average molecular weight is 276 g/mol. The molecule has 0 amide bonds. The predicted octanol–water partition coefficient (Wildman–Crippen LogP) is 1.72. The maximum Gasteiger partial charge on any atom is 0.0544 e. The molecule has 1 aromatic heterocycles. The minimum absolute atomic E-state index is 0.654. The third kappa shape index (κ3) is 4.27. The molecular formula is C16H28N4. The topological polar surface area (TPSA) is 31.4 Å². The summed E-state index contributed by atoms with van der Waals surface area (Å²) in [4.78, 5) is 9.66. The lowest BCUT2D eigenvalue weighted by Gasteiger charge is -2.39. The van der Waals surface area contributed by atoms with Gasteiger partial charge in [-0.25, -0.2) is 0 Å². The van der Waals surface area contributed by atoms with Crippen molar-refractivity contribution in [3.63, 3.8) is 0 Å². The molecule has 0 saturated carbocycles. The van der Waals surface area contributed by atoms with E-state index in [1.807, 2.05) is 6.20 Å². The van der Waals surface area contributed by atoms with E-state index in [1.165, 1.54) is 17.8 Å². The number of likely N-dealkylation sites (N-methyl/N-ethyl adjacent to an activating group) is 1. The smallest absolute Gasteiger partial charge is 0.0544 e. The first-order valence-corrected chi connectivity index (χ1v) is 7.83. The summed E-state index contributed by atoms with van der Waals surface area (Å²) in [7, 11) is 0. The monoisotopic (exact) mass is 276 g/mol. The number of hydrogen-bond donors (Lipinski definition) is 1. The van der Waals surface area contributed by atoms with Crippen molar-refractivity contribution >= 4 is 0 Å². The van der Waals surface area contributed by atoms with E-state index in [0.717, 1.165) is 39.3 Å². The summed E-state index contributed by atoms with van der Waals surface area (Å²) in [5.74, 6) is 0. The lowest BCUT2D eigenvalue weighted by molar-refractivity contribution is 0.0826. The first-order chi connectivity index (χ1) is 9.72. The van der Waals surface area contributed by atoms with Crippen LogP contribution in [-0.4, -0.2) is 53.5 Å². The number of nitrogens with zero attached hydrogens (tertiary/aromatic N) is 3. The van der Waals surface area contributed by atoms with Gasteiger partial charge < -0.3 is 5.32 Å². The van der Waals surface area contributed by atoms with E-state index >= 15 is 0 Å². The molecule has 1 aliphatic rings. The van der Waals surface area contributed by atoms with Gasteiger partial charge in [0.2, 0.25) is 0 Å². The number of piperazine rings is 1. The van der Waals surface area contributed by atoms with Crippen molar-refractivity contribution < 1.29 is 0 Å². The van der Waals surface area contributed by atoms with Gasteiger partial charge in [-0.15, -0.1) is 0 Å². The largest absolute Gasteiger partial charge is 0.313 e. The SMILES string of the molecule is CCNCc1ccc(CN2CCN(CC)C(C)C2)nc1. The van der Waals surface area contributed by atoms with Crippen LogP contribution in [0.15, 0.2) is 18.3 Å². The van der Waals surface area contributed by atoms with Crippen molar-refractivity contribution in [2.75, 3.05) is 32.7 Å². The molecule has 1 fully saturated rings.